The van der Waals surface area contributed by atoms with E-state index in [0.29, 0.717) is 23.0 Å². The molecule has 0 N–H and O–H groups in total. The lowest BCUT2D eigenvalue weighted by Crippen LogP contribution is -2.51. The quantitative estimate of drug-likeness (QED) is 0.589. The number of likely N-dealkylation sites (tertiary alicyclic amines) is 1. The van der Waals surface area contributed by atoms with E-state index in [1.165, 1.54) is 13.0 Å². The zero-order valence-electron chi connectivity index (χ0n) is 9.55. The molecule has 1 heterocycles. The fraction of sp³-hybridized carbons (Fsp3) is 0.917. The van der Waals surface area contributed by atoms with Gasteiger partial charge in [-0.1, -0.05) is 13.8 Å². The summed E-state index contributed by atoms with van der Waals surface area (Å²) < 4.78 is 0. The van der Waals surface area contributed by atoms with Crippen LogP contribution < -0.4 is 0 Å². The number of ketones is 1. The van der Waals surface area contributed by atoms with Crippen LogP contribution in [0.1, 0.15) is 33.1 Å². The predicted molar refractivity (Wildman–Crippen MR) is 57.1 cm³/mol. The fourth-order valence-electron chi connectivity index (χ4n) is 3.50. The Balaban J connectivity index is 2.19. The Labute approximate surface area is 86.7 Å². The average molecular weight is 195 g/mol. The molecule has 0 aromatic rings. The Kier molecular flexibility index (Phi) is 2.42. The van der Waals surface area contributed by atoms with Crippen LogP contribution in [0, 0.1) is 17.3 Å². The molecule has 2 rings (SSSR count). The second kappa shape index (κ2) is 3.34. The molecule has 0 radical (unpaired) electrons. The number of rotatable bonds is 0. The van der Waals surface area contributed by atoms with E-state index in [1.807, 2.05) is 0 Å². The first-order valence-corrected chi connectivity index (χ1v) is 5.74. The lowest BCUT2D eigenvalue weighted by molar-refractivity contribution is -0.133. The summed E-state index contributed by atoms with van der Waals surface area (Å²) in [5.74, 6) is 1.44. The molecule has 2 fully saturated rings. The number of carbonyl (C=O) groups excluding carboxylic acids is 1. The standard InChI is InChI=1S/C12H21NO/c1-9-10-5-7-13(3)8-12(10,2)6-4-11(9)14/h9-10H,4-8H2,1-3H3. The minimum atomic E-state index is 0.308. The van der Waals surface area contributed by atoms with Gasteiger partial charge < -0.3 is 4.90 Å². The molecule has 14 heavy (non-hydrogen) atoms. The maximum Gasteiger partial charge on any atom is 0.136 e. The van der Waals surface area contributed by atoms with Crippen molar-refractivity contribution in [3.63, 3.8) is 0 Å². The second-order valence-corrected chi connectivity index (χ2v) is 5.54. The molecule has 2 heteroatoms. The Hall–Kier alpha value is -0.370. The van der Waals surface area contributed by atoms with Gasteiger partial charge in [0.25, 0.3) is 0 Å². The van der Waals surface area contributed by atoms with Crippen molar-refractivity contribution in [2.75, 3.05) is 20.1 Å². The summed E-state index contributed by atoms with van der Waals surface area (Å²) in [6.45, 7) is 6.85. The minimum absolute atomic E-state index is 0.308. The van der Waals surface area contributed by atoms with Crippen LogP contribution in [-0.2, 0) is 4.79 Å². The van der Waals surface area contributed by atoms with E-state index in [1.54, 1.807) is 0 Å². The number of nitrogens with zero attached hydrogens (tertiary/aromatic N) is 1. The molecule has 0 spiro atoms. The maximum absolute atomic E-state index is 11.7. The van der Waals surface area contributed by atoms with Gasteiger partial charge in [0.1, 0.15) is 5.78 Å². The van der Waals surface area contributed by atoms with E-state index in [0.717, 1.165) is 19.4 Å². The highest BCUT2D eigenvalue weighted by molar-refractivity contribution is 5.82. The van der Waals surface area contributed by atoms with Crippen LogP contribution in [0.3, 0.4) is 0 Å². The zero-order valence-corrected chi connectivity index (χ0v) is 9.55. The summed E-state index contributed by atoms with van der Waals surface area (Å²) in [5.41, 5.74) is 0.403. The van der Waals surface area contributed by atoms with Crippen LogP contribution in [-0.4, -0.2) is 30.8 Å². The highest BCUT2D eigenvalue weighted by atomic mass is 16.1. The van der Waals surface area contributed by atoms with Gasteiger partial charge in [0.05, 0.1) is 0 Å². The Morgan fingerprint density at radius 2 is 2.21 bits per heavy atom. The van der Waals surface area contributed by atoms with Crippen LogP contribution in [0.4, 0.5) is 0 Å². The third-order valence-corrected chi connectivity index (χ3v) is 4.40. The summed E-state index contributed by atoms with van der Waals surface area (Å²) in [5, 5.41) is 0. The number of Topliss-reactive ketones (excluding diaryl/α,β-unsaturated/α-hetero) is 1. The van der Waals surface area contributed by atoms with Crippen molar-refractivity contribution in [2.45, 2.75) is 33.1 Å². The van der Waals surface area contributed by atoms with Gasteiger partial charge in [-0.15, -0.1) is 0 Å². The molecule has 0 amide bonds. The van der Waals surface area contributed by atoms with Crippen molar-refractivity contribution in [3.8, 4) is 0 Å². The van der Waals surface area contributed by atoms with Crippen molar-refractivity contribution in [1.82, 2.24) is 4.90 Å². The Morgan fingerprint density at radius 1 is 1.50 bits per heavy atom. The molecule has 1 saturated carbocycles. The summed E-state index contributed by atoms with van der Waals surface area (Å²) in [6.07, 6.45) is 3.12. The van der Waals surface area contributed by atoms with Crippen molar-refractivity contribution >= 4 is 5.78 Å². The summed E-state index contributed by atoms with van der Waals surface area (Å²) in [4.78, 5) is 14.1. The maximum atomic E-state index is 11.7. The van der Waals surface area contributed by atoms with Gasteiger partial charge in [-0.2, -0.15) is 0 Å². The van der Waals surface area contributed by atoms with Gasteiger partial charge in [-0.25, -0.2) is 0 Å². The highest BCUT2D eigenvalue weighted by Gasteiger charge is 2.46. The molecule has 1 aliphatic heterocycles. The Morgan fingerprint density at radius 3 is 2.93 bits per heavy atom. The molecule has 2 nitrogen and oxygen atoms in total. The van der Waals surface area contributed by atoms with Crippen LogP contribution in [0.25, 0.3) is 0 Å². The van der Waals surface area contributed by atoms with E-state index >= 15 is 0 Å². The topological polar surface area (TPSA) is 20.3 Å². The third kappa shape index (κ3) is 1.50. The molecule has 1 saturated heterocycles. The summed E-state index contributed by atoms with van der Waals surface area (Å²) in [7, 11) is 2.20. The van der Waals surface area contributed by atoms with Gasteiger partial charge in [0.2, 0.25) is 0 Å². The first-order chi connectivity index (χ1) is 6.53. The van der Waals surface area contributed by atoms with E-state index in [-0.39, 0.29) is 0 Å². The van der Waals surface area contributed by atoms with E-state index in [2.05, 4.69) is 25.8 Å². The number of carbonyl (C=O) groups is 1. The van der Waals surface area contributed by atoms with E-state index < -0.39 is 0 Å². The average Bonchev–Trinajstić information content (AvgIpc) is 2.12. The van der Waals surface area contributed by atoms with E-state index in [9.17, 15) is 4.79 Å². The largest absolute Gasteiger partial charge is 0.306 e. The fourth-order valence-corrected chi connectivity index (χ4v) is 3.50. The van der Waals surface area contributed by atoms with Gasteiger partial charge in [-0.3, -0.25) is 4.79 Å². The molecule has 0 aromatic carbocycles. The zero-order chi connectivity index (χ0) is 10.3. The normalized spacial score (nSPS) is 44.9. The van der Waals surface area contributed by atoms with Crippen molar-refractivity contribution in [1.29, 1.82) is 0 Å². The second-order valence-electron chi connectivity index (χ2n) is 5.54. The van der Waals surface area contributed by atoms with Gasteiger partial charge in [0.15, 0.2) is 0 Å². The number of piperidine rings is 1. The number of fused-ring (bicyclic) bond motifs is 1. The molecular formula is C12H21NO. The first-order valence-electron chi connectivity index (χ1n) is 5.74. The van der Waals surface area contributed by atoms with Crippen molar-refractivity contribution in [2.24, 2.45) is 17.3 Å². The summed E-state index contributed by atoms with van der Waals surface area (Å²) in [6, 6.07) is 0. The van der Waals surface area contributed by atoms with Crippen molar-refractivity contribution < 1.29 is 4.79 Å². The van der Waals surface area contributed by atoms with Gasteiger partial charge in [-0.05, 0) is 37.8 Å². The molecule has 2 aliphatic rings. The van der Waals surface area contributed by atoms with Crippen LogP contribution in [0.15, 0.2) is 0 Å². The van der Waals surface area contributed by atoms with Crippen molar-refractivity contribution in [3.05, 3.63) is 0 Å². The molecule has 0 aromatic heterocycles. The summed E-state index contributed by atoms with van der Waals surface area (Å²) >= 11 is 0. The third-order valence-electron chi connectivity index (χ3n) is 4.40. The predicted octanol–water partition coefficient (Wildman–Crippen LogP) is 1.94. The van der Waals surface area contributed by atoms with Gasteiger partial charge in [0, 0.05) is 18.9 Å². The lowest BCUT2D eigenvalue weighted by atomic mass is 9.60. The molecule has 0 bridgehead atoms. The molecule has 80 valence electrons. The molecule has 1 aliphatic carbocycles. The Bertz CT molecular complexity index is 251. The molecule has 3 unspecified atom stereocenters. The van der Waals surface area contributed by atoms with Crippen LogP contribution in [0.2, 0.25) is 0 Å². The van der Waals surface area contributed by atoms with Crippen LogP contribution >= 0.6 is 0 Å². The number of hydrogen-bond acceptors (Lipinski definition) is 2. The number of hydrogen-bond donors (Lipinski definition) is 0. The smallest absolute Gasteiger partial charge is 0.136 e. The minimum Gasteiger partial charge on any atom is -0.306 e. The highest BCUT2D eigenvalue weighted by Crippen LogP contribution is 2.47. The van der Waals surface area contributed by atoms with Gasteiger partial charge >= 0.3 is 0 Å². The monoisotopic (exact) mass is 195 g/mol. The van der Waals surface area contributed by atoms with Crippen LogP contribution in [0.5, 0.6) is 0 Å². The first kappa shape index (κ1) is 10.2. The lowest BCUT2D eigenvalue weighted by Gasteiger charge is -2.50. The van der Waals surface area contributed by atoms with E-state index in [4.69, 9.17) is 0 Å². The molecule has 3 atom stereocenters. The molecular weight excluding hydrogens is 174 g/mol. The SMILES string of the molecule is CC1C(=O)CCC2(C)CN(C)CCC12.